The lowest BCUT2D eigenvalue weighted by atomic mass is 10.1. The standard InChI is InChI=1S/C15H16Br2N2/c1-10-7-15(13(17)8-14(10)18)19(2)9-11-5-3-4-6-12(11)16/h3-8H,9,18H2,1-2H3. The second-order valence-electron chi connectivity index (χ2n) is 4.61. The van der Waals surface area contributed by atoms with Crippen LogP contribution >= 0.6 is 31.9 Å². The summed E-state index contributed by atoms with van der Waals surface area (Å²) in [5.41, 5.74) is 10.2. The highest BCUT2D eigenvalue weighted by Crippen LogP contribution is 2.31. The van der Waals surface area contributed by atoms with Gasteiger partial charge in [0.15, 0.2) is 0 Å². The molecule has 0 atom stereocenters. The summed E-state index contributed by atoms with van der Waals surface area (Å²) < 4.78 is 2.15. The molecule has 0 spiro atoms. The van der Waals surface area contributed by atoms with E-state index in [1.54, 1.807) is 0 Å². The Morgan fingerprint density at radius 3 is 2.47 bits per heavy atom. The predicted molar refractivity (Wildman–Crippen MR) is 89.5 cm³/mol. The Morgan fingerprint density at radius 2 is 1.79 bits per heavy atom. The molecule has 4 heteroatoms. The normalized spacial score (nSPS) is 10.5. The fourth-order valence-corrected chi connectivity index (χ4v) is 3.02. The second kappa shape index (κ2) is 5.97. The quantitative estimate of drug-likeness (QED) is 0.775. The maximum atomic E-state index is 5.91. The predicted octanol–water partition coefficient (Wildman–Crippen LogP) is 4.74. The summed E-state index contributed by atoms with van der Waals surface area (Å²) in [6.45, 7) is 2.86. The SMILES string of the molecule is Cc1cc(N(C)Cc2ccccc2Br)c(Br)cc1N. The molecular formula is C15H16Br2N2. The molecule has 0 bridgehead atoms. The molecule has 2 N–H and O–H groups in total. The molecule has 0 aliphatic rings. The van der Waals surface area contributed by atoms with Gasteiger partial charge in [0.2, 0.25) is 0 Å². The van der Waals surface area contributed by atoms with Crippen LogP contribution in [0.1, 0.15) is 11.1 Å². The van der Waals surface area contributed by atoms with E-state index >= 15 is 0 Å². The van der Waals surface area contributed by atoms with Gasteiger partial charge in [-0.3, -0.25) is 0 Å². The van der Waals surface area contributed by atoms with Crippen molar-refractivity contribution in [1.82, 2.24) is 0 Å². The molecule has 0 amide bonds. The van der Waals surface area contributed by atoms with Gasteiger partial charge in [0, 0.05) is 28.2 Å². The number of rotatable bonds is 3. The topological polar surface area (TPSA) is 29.3 Å². The van der Waals surface area contributed by atoms with Gasteiger partial charge in [0.1, 0.15) is 0 Å². The van der Waals surface area contributed by atoms with Crippen LogP contribution in [0.25, 0.3) is 0 Å². The Kier molecular flexibility index (Phi) is 4.53. The molecule has 0 aromatic heterocycles. The van der Waals surface area contributed by atoms with Gasteiger partial charge in [-0.1, -0.05) is 34.1 Å². The van der Waals surface area contributed by atoms with Crippen LogP contribution in [0.2, 0.25) is 0 Å². The number of aryl methyl sites for hydroxylation is 1. The van der Waals surface area contributed by atoms with Crippen LogP contribution in [0.3, 0.4) is 0 Å². The molecule has 2 rings (SSSR count). The summed E-state index contributed by atoms with van der Waals surface area (Å²) in [5, 5.41) is 0. The van der Waals surface area contributed by atoms with Crippen LogP contribution in [-0.2, 0) is 6.54 Å². The number of nitrogen functional groups attached to an aromatic ring is 1. The zero-order valence-corrected chi connectivity index (χ0v) is 14.1. The number of nitrogens with two attached hydrogens (primary N) is 1. The van der Waals surface area contributed by atoms with Gasteiger partial charge in [-0.2, -0.15) is 0 Å². The van der Waals surface area contributed by atoms with E-state index in [1.807, 2.05) is 19.1 Å². The maximum absolute atomic E-state index is 5.91. The number of nitrogens with zero attached hydrogens (tertiary/aromatic N) is 1. The highest BCUT2D eigenvalue weighted by Gasteiger charge is 2.10. The molecule has 0 aliphatic carbocycles. The minimum atomic E-state index is 0.810. The lowest BCUT2D eigenvalue weighted by Crippen LogP contribution is -2.17. The number of anilines is 2. The molecule has 0 radical (unpaired) electrons. The smallest absolute Gasteiger partial charge is 0.0515 e. The summed E-state index contributed by atoms with van der Waals surface area (Å²) in [6.07, 6.45) is 0. The molecular weight excluding hydrogens is 368 g/mol. The van der Waals surface area contributed by atoms with Gasteiger partial charge in [0.05, 0.1) is 5.69 Å². The fraction of sp³-hybridized carbons (Fsp3) is 0.200. The first-order chi connectivity index (χ1) is 8.99. The maximum Gasteiger partial charge on any atom is 0.0515 e. The molecule has 0 fully saturated rings. The van der Waals surface area contributed by atoms with Gasteiger partial charge in [0.25, 0.3) is 0 Å². The Labute approximate surface area is 130 Å². The summed E-state index contributed by atoms with van der Waals surface area (Å²) in [5.74, 6) is 0. The van der Waals surface area contributed by atoms with Crippen LogP contribution < -0.4 is 10.6 Å². The van der Waals surface area contributed by atoms with Crippen LogP contribution in [0.5, 0.6) is 0 Å². The Balaban J connectivity index is 2.28. The van der Waals surface area contributed by atoms with Crippen LogP contribution in [-0.4, -0.2) is 7.05 Å². The second-order valence-corrected chi connectivity index (χ2v) is 6.32. The Morgan fingerprint density at radius 1 is 1.11 bits per heavy atom. The zero-order valence-electron chi connectivity index (χ0n) is 11.0. The molecule has 0 saturated heterocycles. The summed E-state index contributed by atoms with van der Waals surface area (Å²) in [7, 11) is 2.08. The van der Waals surface area contributed by atoms with Crippen LogP contribution in [0.4, 0.5) is 11.4 Å². The van der Waals surface area contributed by atoms with Crippen molar-refractivity contribution >= 4 is 43.2 Å². The average molecular weight is 384 g/mol. The molecule has 100 valence electrons. The largest absolute Gasteiger partial charge is 0.398 e. The lowest BCUT2D eigenvalue weighted by Gasteiger charge is -2.22. The third-order valence-corrected chi connectivity index (χ3v) is 4.52. The first kappa shape index (κ1) is 14.4. The number of hydrogen-bond acceptors (Lipinski definition) is 2. The van der Waals surface area contributed by atoms with E-state index in [2.05, 4.69) is 68.1 Å². The number of benzene rings is 2. The highest BCUT2D eigenvalue weighted by atomic mass is 79.9. The van der Waals surface area contributed by atoms with E-state index in [1.165, 1.54) is 5.56 Å². The van der Waals surface area contributed by atoms with Crippen molar-refractivity contribution in [2.75, 3.05) is 17.7 Å². The van der Waals surface area contributed by atoms with E-state index < -0.39 is 0 Å². The van der Waals surface area contributed by atoms with Gasteiger partial charge in [-0.05, 0) is 52.2 Å². The Hall–Kier alpha value is -1.00. The number of hydrogen-bond donors (Lipinski definition) is 1. The molecule has 2 aromatic carbocycles. The fourth-order valence-electron chi connectivity index (χ4n) is 1.94. The monoisotopic (exact) mass is 382 g/mol. The minimum Gasteiger partial charge on any atom is -0.398 e. The summed E-state index contributed by atoms with van der Waals surface area (Å²) >= 11 is 7.16. The highest BCUT2D eigenvalue weighted by molar-refractivity contribution is 9.11. The van der Waals surface area contributed by atoms with E-state index in [0.29, 0.717) is 0 Å². The van der Waals surface area contributed by atoms with Gasteiger partial charge in [-0.15, -0.1) is 0 Å². The van der Waals surface area contributed by atoms with Crippen molar-refractivity contribution in [1.29, 1.82) is 0 Å². The van der Waals surface area contributed by atoms with Crippen molar-refractivity contribution in [3.05, 3.63) is 56.5 Å². The van der Waals surface area contributed by atoms with Crippen LogP contribution in [0, 0.1) is 6.92 Å². The molecule has 2 aromatic rings. The van der Waals surface area contributed by atoms with Gasteiger partial charge < -0.3 is 10.6 Å². The zero-order chi connectivity index (χ0) is 14.0. The Bertz CT molecular complexity index is 597. The van der Waals surface area contributed by atoms with E-state index in [0.717, 1.165) is 32.4 Å². The first-order valence-corrected chi connectivity index (χ1v) is 7.58. The van der Waals surface area contributed by atoms with Crippen LogP contribution in [0.15, 0.2) is 45.3 Å². The van der Waals surface area contributed by atoms with Crippen molar-refractivity contribution in [2.24, 2.45) is 0 Å². The van der Waals surface area contributed by atoms with E-state index in [-0.39, 0.29) is 0 Å². The lowest BCUT2D eigenvalue weighted by molar-refractivity contribution is 0.914. The number of halogens is 2. The average Bonchev–Trinajstić information content (AvgIpc) is 2.36. The van der Waals surface area contributed by atoms with Gasteiger partial charge >= 0.3 is 0 Å². The van der Waals surface area contributed by atoms with Crippen molar-refractivity contribution in [2.45, 2.75) is 13.5 Å². The molecule has 0 aliphatic heterocycles. The molecule has 0 unspecified atom stereocenters. The third-order valence-electron chi connectivity index (χ3n) is 3.11. The summed E-state index contributed by atoms with van der Waals surface area (Å²) in [4.78, 5) is 2.20. The van der Waals surface area contributed by atoms with E-state index in [4.69, 9.17) is 5.73 Å². The van der Waals surface area contributed by atoms with E-state index in [9.17, 15) is 0 Å². The van der Waals surface area contributed by atoms with Gasteiger partial charge in [-0.25, -0.2) is 0 Å². The molecule has 2 nitrogen and oxygen atoms in total. The minimum absolute atomic E-state index is 0.810. The summed E-state index contributed by atoms with van der Waals surface area (Å²) in [6, 6.07) is 12.3. The third kappa shape index (κ3) is 3.31. The molecule has 0 heterocycles. The van der Waals surface area contributed by atoms with Crippen molar-refractivity contribution in [3.8, 4) is 0 Å². The van der Waals surface area contributed by atoms with Crippen molar-refractivity contribution in [3.63, 3.8) is 0 Å². The molecule has 19 heavy (non-hydrogen) atoms. The molecule has 0 saturated carbocycles. The first-order valence-electron chi connectivity index (χ1n) is 5.99. The van der Waals surface area contributed by atoms with Crippen molar-refractivity contribution < 1.29 is 0 Å².